The number of piperidine rings is 1. The van der Waals surface area contributed by atoms with Crippen molar-refractivity contribution in [1.29, 1.82) is 0 Å². The van der Waals surface area contributed by atoms with Crippen molar-refractivity contribution in [1.82, 2.24) is 10.2 Å². The summed E-state index contributed by atoms with van der Waals surface area (Å²) in [5, 5.41) is 8.36. The first-order chi connectivity index (χ1) is 13.2. The molecular weight excluding hydrogens is 346 g/mol. The molecule has 2 aliphatic rings. The van der Waals surface area contributed by atoms with Crippen molar-refractivity contribution in [2.75, 3.05) is 38.8 Å². The lowest BCUT2D eigenvalue weighted by Crippen LogP contribution is -2.46. The molecule has 0 radical (unpaired) electrons. The normalized spacial score (nSPS) is 18.4. The molecule has 1 aromatic heterocycles. The van der Waals surface area contributed by atoms with Crippen LogP contribution in [-0.2, 0) is 23.2 Å². The summed E-state index contributed by atoms with van der Waals surface area (Å²) in [4.78, 5) is 2.16. The fourth-order valence-electron chi connectivity index (χ4n) is 4.15. The van der Waals surface area contributed by atoms with Gasteiger partial charge in [-0.1, -0.05) is 12.0 Å². The Hall–Kier alpha value is -2.28. The fourth-order valence-corrected chi connectivity index (χ4v) is 4.15. The molecule has 0 bridgehead atoms. The van der Waals surface area contributed by atoms with E-state index in [-0.39, 0.29) is 5.60 Å². The zero-order valence-electron chi connectivity index (χ0n) is 16.3. The van der Waals surface area contributed by atoms with Crippen LogP contribution < -0.4 is 14.4 Å². The van der Waals surface area contributed by atoms with E-state index in [4.69, 9.17) is 18.6 Å². The van der Waals surface area contributed by atoms with Gasteiger partial charge in [-0.3, -0.25) is 0 Å². The summed E-state index contributed by atoms with van der Waals surface area (Å²) in [5.74, 6) is 2.24. The average molecular weight is 373 g/mol. The molecular formula is C20H27N3O4. The second-order valence-corrected chi connectivity index (χ2v) is 7.17. The van der Waals surface area contributed by atoms with Crippen LogP contribution in [0.5, 0.6) is 11.5 Å². The van der Waals surface area contributed by atoms with Crippen molar-refractivity contribution in [3.63, 3.8) is 0 Å². The lowest BCUT2D eigenvalue weighted by Gasteiger charge is -2.44. The van der Waals surface area contributed by atoms with Gasteiger partial charge in [0.1, 0.15) is 0 Å². The van der Waals surface area contributed by atoms with E-state index >= 15 is 0 Å². The van der Waals surface area contributed by atoms with Gasteiger partial charge in [0.2, 0.25) is 5.89 Å². The molecule has 0 unspecified atom stereocenters. The Labute approximate surface area is 159 Å². The Bertz CT molecular complexity index is 797. The maximum absolute atomic E-state index is 6.34. The van der Waals surface area contributed by atoms with E-state index in [0.29, 0.717) is 11.9 Å². The van der Waals surface area contributed by atoms with Crippen LogP contribution >= 0.6 is 0 Å². The van der Waals surface area contributed by atoms with Gasteiger partial charge in [-0.2, -0.15) is 0 Å². The van der Waals surface area contributed by atoms with Crippen LogP contribution in [0.2, 0.25) is 0 Å². The lowest BCUT2D eigenvalue weighted by molar-refractivity contribution is -0.0771. The molecule has 0 aliphatic carbocycles. The molecule has 7 heteroatoms. The third-order valence-electron chi connectivity index (χ3n) is 5.61. The Morgan fingerprint density at radius 1 is 1.11 bits per heavy atom. The monoisotopic (exact) mass is 373 g/mol. The maximum Gasteiger partial charge on any atom is 0.318 e. The van der Waals surface area contributed by atoms with Crippen LogP contribution in [-0.4, -0.2) is 44.1 Å². The van der Waals surface area contributed by atoms with E-state index in [1.54, 1.807) is 14.2 Å². The zero-order valence-corrected chi connectivity index (χ0v) is 16.3. The molecule has 2 aliphatic heterocycles. The van der Waals surface area contributed by atoms with Crippen LogP contribution in [0.25, 0.3) is 0 Å². The van der Waals surface area contributed by atoms with Gasteiger partial charge in [0.25, 0.3) is 0 Å². The molecule has 146 valence electrons. The Kier molecular flexibility index (Phi) is 4.95. The topological polar surface area (TPSA) is 69.9 Å². The Balaban J connectivity index is 1.56. The summed E-state index contributed by atoms with van der Waals surface area (Å²) in [6.45, 7) is 4.47. The predicted molar refractivity (Wildman–Crippen MR) is 101 cm³/mol. The van der Waals surface area contributed by atoms with E-state index in [1.807, 2.05) is 0 Å². The maximum atomic E-state index is 6.34. The number of aromatic nitrogens is 2. The summed E-state index contributed by atoms with van der Waals surface area (Å²) in [5.41, 5.74) is 2.23. The second kappa shape index (κ2) is 7.38. The van der Waals surface area contributed by atoms with Crippen LogP contribution in [0.1, 0.15) is 43.2 Å². The smallest absolute Gasteiger partial charge is 0.318 e. The number of nitrogens with zero attached hydrogens (tertiary/aromatic N) is 3. The SMILES string of the molecule is CCCc1nnc(N2CCC3(CC2)OCCc2cc(OC)c(OC)cc23)o1. The number of methoxy groups -OCH3 is 2. The van der Waals surface area contributed by atoms with E-state index in [0.717, 1.165) is 63.3 Å². The third kappa shape index (κ3) is 3.25. The summed E-state index contributed by atoms with van der Waals surface area (Å²) < 4.78 is 23.1. The van der Waals surface area contributed by atoms with Gasteiger partial charge in [0.15, 0.2) is 11.5 Å². The molecule has 1 spiro atoms. The molecule has 27 heavy (non-hydrogen) atoms. The standard InChI is InChI=1S/C20H27N3O4/c1-4-5-18-21-22-19(27-18)23-9-7-20(8-10-23)15-13-17(25-3)16(24-2)12-14(15)6-11-26-20/h12-13H,4-11H2,1-3H3. The Morgan fingerprint density at radius 2 is 1.85 bits per heavy atom. The highest BCUT2D eigenvalue weighted by Crippen LogP contribution is 2.45. The number of hydrogen-bond donors (Lipinski definition) is 0. The highest BCUT2D eigenvalue weighted by molar-refractivity contribution is 5.50. The van der Waals surface area contributed by atoms with Gasteiger partial charge < -0.3 is 23.5 Å². The first-order valence-electron chi connectivity index (χ1n) is 9.66. The zero-order chi connectivity index (χ0) is 18.9. The van der Waals surface area contributed by atoms with Gasteiger partial charge in [-0.05, 0) is 48.9 Å². The molecule has 0 amide bonds. The summed E-state index contributed by atoms with van der Waals surface area (Å²) in [7, 11) is 3.35. The molecule has 1 aromatic carbocycles. The fraction of sp³-hybridized carbons (Fsp3) is 0.600. The van der Waals surface area contributed by atoms with Gasteiger partial charge in [-0.15, -0.1) is 5.10 Å². The summed E-state index contributed by atoms with van der Waals surface area (Å²) in [6.07, 6.45) is 4.47. The average Bonchev–Trinajstić information content (AvgIpc) is 3.17. The van der Waals surface area contributed by atoms with Crippen LogP contribution in [0.3, 0.4) is 0 Å². The first kappa shape index (κ1) is 18.1. The van der Waals surface area contributed by atoms with Crippen molar-refractivity contribution in [3.05, 3.63) is 29.2 Å². The van der Waals surface area contributed by atoms with Gasteiger partial charge in [-0.25, -0.2) is 0 Å². The highest BCUT2D eigenvalue weighted by Gasteiger charge is 2.42. The molecule has 1 fully saturated rings. The minimum atomic E-state index is -0.282. The van der Waals surface area contributed by atoms with Crippen LogP contribution in [0.4, 0.5) is 6.01 Å². The van der Waals surface area contributed by atoms with E-state index in [2.05, 4.69) is 34.2 Å². The summed E-state index contributed by atoms with van der Waals surface area (Å²) >= 11 is 0. The van der Waals surface area contributed by atoms with Crippen molar-refractivity contribution in [2.45, 2.75) is 44.6 Å². The molecule has 2 aromatic rings. The number of hydrogen-bond acceptors (Lipinski definition) is 7. The molecule has 1 saturated heterocycles. The number of ether oxygens (including phenoxy) is 3. The molecule has 0 saturated carbocycles. The van der Waals surface area contributed by atoms with Crippen molar-refractivity contribution in [2.24, 2.45) is 0 Å². The largest absolute Gasteiger partial charge is 0.493 e. The van der Waals surface area contributed by atoms with E-state index < -0.39 is 0 Å². The van der Waals surface area contributed by atoms with E-state index in [1.165, 1.54) is 11.1 Å². The number of benzene rings is 1. The minimum Gasteiger partial charge on any atom is -0.493 e. The predicted octanol–water partition coefficient (Wildman–Crippen LogP) is 3.11. The minimum absolute atomic E-state index is 0.282. The van der Waals surface area contributed by atoms with Crippen LogP contribution in [0, 0.1) is 0 Å². The number of rotatable bonds is 5. The molecule has 0 atom stereocenters. The van der Waals surface area contributed by atoms with Gasteiger partial charge in [0.05, 0.1) is 26.4 Å². The third-order valence-corrected chi connectivity index (χ3v) is 5.61. The quantitative estimate of drug-likeness (QED) is 0.797. The lowest BCUT2D eigenvalue weighted by atomic mass is 9.79. The van der Waals surface area contributed by atoms with Gasteiger partial charge >= 0.3 is 6.01 Å². The first-order valence-corrected chi connectivity index (χ1v) is 9.66. The number of fused-ring (bicyclic) bond motifs is 2. The Morgan fingerprint density at radius 3 is 2.56 bits per heavy atom. The van der Waals surface area contributed by atoms with Gasteiger partial charge in [0, 0.05) is 19.5 Å². The number of aryl methyl sites for hydroxylation is 1. The molecule has 4 rings (SSSR count). The molecule has 3 heterocycles. The van der Waals surface area contributed by atoms with Crippen LogP contribution in [0.15, 0.2) is 16.5 Å². The van der Waals surface area contributed by atoms with Crippen molar-refractivity contribution in [3.8, 4) is 11.5 Å². The number of anilines is 1. The molecule has 7 nitrogen and oxygen atoms in total. The molecule has 0 N–H and O–H groups in total. The van der Waals surface area contributed by atoms with E-state index in [9.17, 15) is 0 Å². The second-order valence-electron chi connectivity index (χ2n) is 7.17. The van der Waals surface area contributed by atoms with Crippen molar-refractivity contribution < 1.29 is 18.6 Å². The highest BCUT2D eigenvalue weighted by atomic mass is 16.5. The summed E-state index contributed by atoms with van der Waals surface area (Å²) in [6, 6.07) is 4.81. The van der Waals surface area contributed by atoms with Crippen molar-refractivity contribution >= 4 is 6.01 Å².